The Balaban J connectivity index is 1.50. The van der Waals surface area contributed by atoms with Crippen LogP contribution in [0.4, 0.5) is 11.8 Å². The summed E-state index contributed by atoms with van der Waals surface area (Å²) in [4.78, 5) is 25.3. The summed E-state index contributed by atoms with van der Waals surface area (Å²) in [5.74, 6) is 0.442. The smallest absolute Gasteiger partial charge is 0.225 e. The lowest BCUT2D eigenvalue weighted by Crippen LogP contribution is -2.35. The molecule has 2 aromatic carbocycles. The Bertz CT molecular complexity index is 1360. The molecule has 4 atom stereocenters. The lowest BCUT2D eigenvalue weighted by Gasteiger charge is -2.21. The normalized spacial score (nSPS) is 21.6. The lowest BCUT2D eigenvalue weighted by molar-refractivity contribution is 0.00446. The van der Waals surface area contributed by atoms with E-state index in [1.165, 1.54) is 11.3 Å². The fourth-order valence-electron chi connectivity index (χ4n) is 4.57. The van der Waals surface area contributed by atoms with Crippen molar-refractivity contribution in [3.63, 3.8) is 0 Å². The van der Waals surface area contributed by atoms with Gasteiger partial charge in [0.1, 0.15) is 23.2 Å². The van der Waals surface area contributed by atoms with Crippen molar-refractivity contribution in [2.75, 3.05) is 17.2 Å². The van der Waals surface area contributed by atoms with Crippen molar-refractivity contribution in [1.82, 2.24) is 15.0 Å². The minimum atomic E-state index is -1.05. The number of aliphatic hydroxyl groups excluding tert-OH is 3. The quantitative estimate of drug-likeness (QED) is 0.229. The molecule has 5 rings (SSSR count). The standard InChI is InChI=1S/C26H27N5O4S/c1-14-21(25-30-18-7-2-3-8-20(18)36-25)24(29-19-10-17(13-33)22(34)23(19)35)31-26(28-14)27-11-15-5-4-6-16(9-15)12-32/h2-9,12,17,19,22-23,33-35H,10-11,13H2,1H3,(H2,27,28,29,31)/t17-,19-,22-,23+/m1/s1. The first-order chi connectivity index (χ1) is 17.5. The molecule has 5 N–H and O–H groups in total. The largest absolute Gasteiger partial charge is 0.396 e. The van der Waals surface area contributed by atoms with Gasteiger partial charge < -0.3 is 26.0 Å². The average molecular weight is 506 g/mol. The van der Waals surface area contributed by atoms with Crippen LogP contribution in [0.3, 0.4) is 0 Å². The van der Waals surface area contributed by atoms with E-state index in [1.54, 1.807) is 12.1 Å². The van der Waals surface area contributed by atoms with E-state index in [2.05, 4.69) is 15.6 Å². The molecular weight excluding hydrogens is 478 g/mol. The number of anilines is 2. The molecule has 2 aromatic heterocycles. The Morgan fingerprint density at radius 1 is 1.08 bits per heavy atom. The first-order valence-electron chi connectivity index (χ1n) is 11.7. The van der Waals surface area contributed by atoms with Crippen molar-refractivity contribution in [1.29, 1.82) is 0 Å². The van der Waals surface area contributed by atoms with Crippen LogP contribution in [0.2, 0.25) is 0 Å². The molecule has 4 aromatic rings. The molecule has 0 spiro atoms. The first kappa shape index (κ1) is 24.3. The molecule has 1 aliphatic carbocycles. The van der Waals surface area contributed by atoms with Crippen LogP contribution in [0.1, 0.15) is 28.0 Å². The van der Waals surface area contributed by atoms with Gasteiger partial charge >= 0.3 is 0 Å². The number of rotatable bonds is 8. The van der Waals surface area contributed by atoms with E-state index in [-0.39, 0.29) is 6.61 Å². The van der Waals surface area contributed by atoms with Gasteiger partial charge in [-0.05, 0) is 37.1 Å². The summed E-state index contributed by atoms with van der Waals surface area (Å²) in [5, 5.41) is 37.8. The molecule has 36 heavy (non-hydrogen) atoms. The van der Waals surface area contributed by atoms with Gasteiger partial charge in [0, 0.05) is 24.6 Å². The van der Waals surface area contributed by atoms with E-state index < -0.39 is 24.2 Å². The Kier molecular flexibility index (Phi) is 6.92. The second kappa shape index (κ2) is 10.3. The highest BCUT2D eigenvalue weighted by Crippen LogP contribution is 2.38. The van der Waals surface area contributed by atoms with Crippen molar-refractivity contribution in [3.05, 3.63) is 65.4 Å². The number of carbonyl (C=O) groups is 1. The minimum absolute atomic E-state index is 0.212. The summed E-state index contributed by atoms with van der Waals surface area (Å²) in [6.45, 7) is 2.08. The highest BCUT2D eigenvalue weighted by molar-refractivity contribution is 7.21. The molecule has 0 saturated heterocycles. The Hall–Kier alpha value is -3.44. The Morgan fingerprint density at radius 3 is 2.67 bits per heavy atom. The van der Waals surface area contributed by atoms with Gasteiger partial charge in [-0.2, -0.15) is 4.98 Å². The highest BCUT2D eigenvalue weighted by atomic mass is 32.1. The van der Waals surface area contributed by atoms with Crippen molar-refractivity contribution < 1.29 is 20.1 Å². The zero-order chi connectivity index (χ0) is 25.2. The third kappa shape index (κ3) is 4.80. The number of fused-ring (bicyclic) bond motifs is 1. The SMILES string of the molecule is Cc1nc(NCc2cccc(C=O)c2)nc(N[C@@H]2C[C@H](CO)[C@@H](O)[C@H]2O)c1-c1nc2ccccc2s1. The fourth-order valence-corrected chi connectivity index (χ4v) is 5.64. The highest BCUT2D eigenvalue weighted by Gasteiger charge is 2.41. The number of benzene rings is 2. The number of aromatic nitrogens is 3. The third-order valence-corrected chi connectivity index (χ3v) is 7.55. The van der Waals surface area contributed by atoms with Crippen molar-refractivity contribution >= 4 is 39.6 Å². The van der Waals surface area contributed by atoms with Crippen LogP contribution in [-0.2, 0) is 6.54 Å². The zero-order valence-corrected chi connectivity index (χ0v) is 20.4. The molecule has 0 unspecified atom stereocenters. The second-order valence-corrected chi connectivity index (χ2v) is 10.0. The molecule has 0 radical (unpaired) electrons. The van der Waals surface area contributed by atoms with Gasteiger partial charge in [0.2, 0.25) is 5.95 Å². The minimum Gasteiger partial charge on any atom is -0.396 e. The summed E-state index contributed by atoms with van der Waals surface area (Å²) in [5.41, 5.74) is 3.79. The number of aldehydes is 1. The third-order valence-electron chi connectivity index (χ3n) is 6.49. The van der Waals surface area contributed by atoms with Gasteiger partial charge in [-0.1, -0.05) is 30.3 Å². The van der Waals surface area contributed by atoms with E-state index in [0.717, 1.165) is 32.6 Å². The maximum Gasteiger partial charge on any atom is 0.225 e. The predicted molar refractivity (Wildman–Crippen MR) is 139 cm³/mol. The number of thiazole rings is 1. The number of aliphatic hydroxyl groups is 3. The van der Waals surface area contributed by atoms with Crippen LogP contribution in [0.25, 0.3) is 20.8 Å². The van der Waals surface area contributed by atoms with Gasteiger partial charge in [0.15, 0.2) is 0 Å². The molecule has 1 saturated carbocycles. The van der Waals surface area contributed by atoms with Crippen LogP contribution >= 0.6 is 11.3 Å². The van der Waals surface area contributed by atoms with Gasteiger partial charge in [-0.15, -0.1) is 11.3 Å². The molecule has 2 heterocycles. The van der Waals surface area contributed by atoms with Crippen molar-refractivity contribution in [3.8, 4) is 10.6 Å². The van der Waals surface area contributed by atoms with E-state index in [1.807, 2.05) is 43.3 Å². The number of nitrogens with zero attached hydrogens (tertiary/aromatic N) is 3. The molecular formula is C26H27N5O4S. The molecule has 186 valence electrons. The first-order valence-corrected chi connectivity index (χ1v) is 12.5. The molecule has 1 fully saturated rings. The van der Waals surface area contributed by atoms with Gasteiger partial charge in [-0.25, -0.2) is 9.97 Å². The molecule has 1 aliphatic rings. The van der Waals surface area contributed by atoms with Crippen molar-refractivity contribution in [2.45, 2.75) is 38.1 Å². The molecule has 0 bridgehead atoms. The summed E-state index contributed by atoms with van der Waals surface area (Å²) in [6, 6.07) is 14.6. The summed E-state index contributed by atoms with van der Waals surface area (Å²) in [7, 11) is 0. The molecule has 10 heteroatoms. The molecule has 0 aliphatic heterocycles. The van der Waals surface area contributed by atoms with E-state index >= 15 is 0 Å². The van der Waals surface area contributed by atoms with Crippen LogP contribution in [0, 0.1) is 12.8 Å². The number of hydrogen-bond donors (Lipinski definition) is 5. The number of carbonyl (C=O) groups excluding carboxylic acids is 1. The number of aryl methyl sites for hydroxylation is 1. The van der Waals surface area contributed by atoms with Crippen LogP contribution in [0.15, 0.2) is 48.5 Å². The second-order valence-electron chi connectivity index (χ2n) is 8.97. The molecule has 9 nitrogen and oxygen atoms in total. The predicted octanol–water partition coefficient (Wildman–Crippen LogP) is 3.00. The van der Waals surface area contributed by atoms with Crippen LogP contribution in [-0.4, -0.2) is 61.4 Å². The number of hydrogen-bond acceptors (Lipinski definition) is 10. The zero-order valence-electron chi connectivity index (χ0n) is 19.6. The Labute approximate surface area is 211 Å². The van der Waals surface area contributed by atoms with Gasteiger partial charge in [0.05, 0.1) is 33.6 Å². The number of nitrogens with one attached hydrogen (secondary N) is 2. The van der Waals surface area contributed by atoms with E-state index in [4.69, 9.17) is 9.97 Å². The maximum atomic E-state index is 11.1. The van der Waals surface area contributed by atoms with E-state index in [9.17, 15) is 20.1 Å². The average Bonchev–Trinajstić information content (AvgIpc) is 3.43. The molecule has 0 amide bonds. The summed E-state index contributed by atoms with van der Waals surface area (Å²) < 4.78 is 1.03. The fraction of sp³-hybridized carbons (Fsp3) is 0.308. The lowest BCUT2D eigenvalue weighted by atomic mass is 10.1. The summed E-state index contributed by atoms with van der Waals surface area (Å²) in [6.07, 6.45) is -0.880. The maximum absolute atomic E-state index is 11.1. The van der Waals surface area contributed by atoms with Crippen molar-refractivity contribution in [2.24, 2.45) is 5.92 Å². The topological polar surface area (TPSA) is 140 Å². The number of para-hydroxylation sites is 1. The van der Waals surface area contributed by atoms with Gasteiger partial charge in [0.25, 0.3) is 0 Å². The summed E-state index contributed by atoms with van der Waals surface area (Å²) >= 11 is 1.53. The van der Waals surface area contributed by atoms with Gasteiger partial charge in [-0.3, -0.25) is 4.79 Å². The van der Waals surface area contributed by atoms with Crippen LogP contribution < -0.4 is 10.6 Å². The monoisotopic (exact) mass is 505 g/mol. The Morgan fingerprint density at radius 2 is 1.92 bits per heavy atom. The van der Waals surface area contributed by atoms with E-state index in [0.29, 0.717) is 36.0 Å². The van der Waals surface area contributed by atoms with Crippen LogP contribution in [0.5, 0.6) is 0 Å².